The summed E-state index contributed by atoms with van der Waals surface area (Å²) < 4.78 is 5.08. The Bertz CT molecular complexity index is 1010. The molecule has 1 heterocycles. The number of anilines is 2. The van der Waals surface area contributed by atoms with Crippen LogP contribution in [0.25, 0.3) is 0 Å². The fraction of sp³-hybridized carbons (Fsp3) is 0.0500. The van der Waals surface area contributed by atoms with Crippen molar-refractivity contribution in [3.8, 4) is 5.75 Å². The first-order valence-electron chi connectivity index (χ1n) is 8.15. The van der Waals surface area contributed by atoms with E-state index < -0.39 is 11.8 Å². The Hall–Kier alpha value is -3.09. The lowest BCUT2D eigenvalue weighted by atomic mass is 10.1. The largest absolute Gasteiger partial charge is 0.497 e. The number of nitrogens with zero attached hydrogens (tertiary/aromatic N) is 1. The number of methoxy groups -OCH3 is 1. The fourth-order valence-corrected chi connectivity index (χ4v) is 2.97. The van der Waals surface area contributed by atoms with Gasteiger partial charge in [0.2, 0.25) is 0 Å². The summed E-state index contributed by atoms with van der Waals surface area (Å²) in [6, 6.07) is 14.5. The van der Waals surface area contributed by atoms with Crippen LogP contribution in [0.4, 0.5) is 11.5 Å². The summed E-state index contributed by atoms with van der Waals surface area (Å²) in [5.41, 5.74) is 0.647. The van der Waals surface area contributed by atoms with Crippen LogP contribution in [-0.4, -0.2) is 23.9 Å². The predicted octanol–water partition coefficient (Wildman–Crippen LogP) is 4.90. The highest BCUT2D eigenvalue weighted by Crippen LogP contribution is 2.31. The van der Waals surface area contributed by atoms with E-state index in [0.717, 1.165) is 0 Å². The van der Waals surface area contributed by atoms with Gasteiger partial charge >= 0.3 is 0 Å². The summed E-state index contributed by atoms with van der Waals surface area (Å²) in [4.78, 5) is 29.3. The van der Waals surface area contributed by atoms with E-state index in [4.69, 9.17) is 27.9 Å². The molecule has 3 rings (SSSR count). The fourth-order valence-electron chi connectivity index (χ4n) is 2.43. The second-order valence-corrected chi connectivity index (χ2v) is 6.51. The zero-order valence-electron chi connectivity index (χ0n) is 14.7. The Labute approximate surface area is 171 Å². The molecule has 0 unspecified atom stereocenters. The Balaban J connectivity index is 1.89. The lowest BCUT2D eigenvalue weighted by molar-refractivity contribution is 0.102. The molecule has 0 fully saturated rings. The predicted molar refractivity (Wildman–Crippen MR) is 110 cm³/mol. The van der Waals surface area contributed by atoms with Crippen molar-refractivity contribution >= 4 is 46.5 Å². The van der Waals surface area contributed by atoms with Gasteiger partial charge in [0.05, 0.1) is 23.4 Å². The van der Waals surface area contributed by atoms with Gasteiger partial charge in [0.25, 0.3) is 11.8 Å². The van der Waals surface area contributed by atoms with Gasteiger partial charge in [-0.1, -0.05) is 29.3 Å². The Kier molecular flexibility index (Phi) is 6.13. The van der Waals surface area contributed by atoms with Crippen molar-refractivity contribution in [1.82, 2.24) is 4.98 Å². The van der Waals surface area contributed by atoms with Gasteiger partial charge in [-0.3, -0.25) is 9.59 Å². The van der Waals surface area contributed by atoms with Gasteiger partial charge < -0.3 is 15.4 Å². The molecular weight excluding hydrogens is 401 g/mol. The molecule has 0 bridgehead atoms. The zero-order chi connectivity index (χ0) is 20.1. The maximum atomic E-state index is 12.7. The number of halogens is 2. The number of ether oxygens (including phenoxy) is 1. The molecular formula is C20H15Cl2N3O3. The van der Waals surface area contributed by atoms with Gasteiger partial charge in [-0.2, -0.15) is 0 Å². The number of pyridine rings is 1. The van der Waals surface area contributed by atoms with Crippen LogP contribution in [0.3, 0.4) is 0 Å². The minimum Gasteiger partial charge on any atom is -0.497 e. The molecule has 6 nitrogen and oxygen atoms in total. The Morgan fingerprint density at radius 1 is 0.964 bits per heavy atom. The molecule has 0 saturated carbocycles. The number of aromatic nitrogens is 1. The lowest BCUT2D eigenvalue weighted by Gasteiger charge is -2.14. The quantitative estimate of drug-likeness (QED) is 0.620. The van der Waals surface area contributed by atoms with E-state index >= 15 is 0 Å². The maximum absolute atomic E-state index is 12.7. The van der Waals surface area contributed by atoms with E-state index in [2.05, 4.69) is 15.6 Å². The first kappa shape index (κ1) is 19.7. The normalized spacial score (nSPS) is 10.2. The number of carbonyl (C=O) groups is 2. The van der Waals surface area contributed by atoms with E-state index in [1.165, 1.54) is 19.2 Å². The first-order valence-corrected chi connectivity index (χ1v) is 8.90. The van der Waals surface area contributed by atoms with Crippen molar-refractivity contribution in [1.29, 1.82) is 0 Å². The van der Waals surface area contributed by atoms with Crippen molar-refractivity contribution < 1.29 is 14.3 Å². The van der Waals surface area contributed by atoms with E-state index in [1.54, 1.807) is 48.7 Å². The highest BCUT2D eigenvalue weighted by Gasteiger charge is 2.19. The molecule has 0 aliphatic rings. The van der Waals surface area contributed by atoms with Crippen LogP contribution < -0.4 is 15.4 Å². The van der Waals surface area contributed by atoms with Gasteiger partial charge in [0.15, 0.2) is 0 Å². The summed E-state index contributed by atoms with van der Waals surface area (Å²) in [5.74, 6) is 0.0411. The third kappa shape index (κ3) is 4.60. The SMILES string of the molecule is COc1ccc(C(=O)Nc2c(Cl)cc(Cl)cc2C(=O)Nc2ccccn2)cc1. The molecule has 0 radical (unpaired) electrons. The van der Waals surface area contributed by atoms with Crippen molar-refractivity contribution in [2.45, 2.75) is 0 Å². The Morgan fingerprint density at radius 3 is 2.36 bits per heavy atom. The van der Waals surface area contributed by atoms with Gasteiger partial charge in [-0.15, -0.1) is 0 Å². The molecule has 28 heavy (non-hydrogen) atoms. The second-order valence-electron chi connectivity index (χ2n) is 5.66. The van der Waals surface area contributed by atoms with Crippen LogP contribution in [0.2, 0.25) is 10.0 Å². The number of hydrogen-bond acceptors (Lipinski definition) is 4. The number of hydrogen-bond donors (Lipinski definition) is 2. The molecule has 2 aromatic carbocycles. The van der Waals surface area contributed by atoms with Crippen LogP contribution in [0.1, 0.15) is 20.7 Å². The maximum Gasteiger partial charge on any atom is 0.259 e. The van der Waals surface area contributed by atoms with Crippen LogP contribution in [-0.2, 0) is 0 Å². The lowest BCUT2D eigenvalue weighted by Crippen LogP contribution is -2.19. The van der Waals surface area contributed by atoms with Gasteiger partial charge in [-0.05, 0) is 48.5 Å². The molecule has 2 amide bonds. The summed E-state index contributed by atoms with van der Waals surface area (Å²) in [6.07, 6.45) is 1.55. The molecule has 8 heteroatoms. The molecule has 142 valence electrons. The number of nitrogens with one attached hydrogen (secondary N) is 2. The zero-order valence-corrected chi connectivity index (χ0v) is 16.2. The summed E-state index contributed by atoms with van der Waals surface area (Å²) >= 11 is 12.3. The van der Waals surface area contributed by atoms with Gasteiger partial charge in [-0.25, -0.2) is 4.98 Å². The summed E-state index contributed by atoms with van der Waals surface area (Å²) in [5, 5.41) is 5.72. The van der Waals surface area contributed by atoms with Crippen LogP contribution in [0.5, 0.6) is 5.75 Å². The standard InChI is InChI=1S/C20H15Cl2N3O3/c1-28-14-7-5-12(6-8-14)19(26)25-18-15(10-13(21)11-16(18)22)20(27)24-17-4-2-3-9-23-17/h2-11H,1H3,(H,25,26)(H,23,24,27). The van der Waals surface area contributed by atoms with Gasteiger partial charge in [0.1, 0.15) is 11.6 Å². The second kappa shape index (κ2) is 8.73. The molecule has 3 aromatic rings. The topological polar surface area (TPSA) is 80.3 Å². The average Bonchev–Trinajstić information content (AvgIpc) is 2.70. The van der Waals surface area contributed by atoms with Crippen molar-refractivity contribution in [3.05, 3.63) is 82.0 Å². The van der Waals surface area contributed by atoms with E-state index in [9.17, 15) is 9.59 Å². The third-order valence-electron chi connectivity index (χ3n) is 3.80. The van der Waals surface area contributed by atoms with Crippen LogP contribution in [0.15, 0.2) is 60.8 Å². The average molecular weight is 416 g/mol. The van der Waals surface area contributed by atoms with Crippen molar-refractivity contribution in [3.63, 3.8) is 0 Å². The molecule has 0 spiro atoms. The minimum absolute atomic E-state index is 0.116. The molecule has 0 saturated heterocycles. The highest BCUT2D eigenvalue weighted by atomic mass is 35.5. The first-order chi connectivity index (χ1) is 13.5. The smallest absolute Gasteiger partial charge is 0.259 e. The highest BCUT2D eigenvalue weighted by molar-refractivity contribution is 6.38. The molecule has 0 aliphatic heterocycles. The summed E-state index contributed by atoms with van der Waals surface area (Å²) in [6.45, 7) is 0. The number of rotatable bonds is 5. The molecule has 0 aliphatic carbocycles. The van der Waals surface area contributed by atoms with E-state index in [1.807, 2.05) is 0 Å². The third-order valence-corrected chi connectivity index (χ3v) is 4.31. The monoisotopic (exact) mass is 415 g/mol. The minimum atomic E-state index is -0.506. The molecule has 0 atom stereocenters. The molecule has 2 N–H and O–H groups in total. The van der Waals surface area contributed by atoms with Crippen LogP contribution in [0, 0.1) is 0 Å². The van der Waals surface area contributed by atoms with Crippen molar-refractivity contribution in [2.75, 3.05) is 17.7 Å². The van der Waals surface area contributed by atoms with Crippen LogP contribution >= 0.6 is 23.2 Å². The molecule has 1 aromatic heterocycles. The van der Waals surface area contributed by atoms with E-state index in [-0.39, 0.29) is 21.3 Å². The number of carbonyl (C=O) groups excluding carboxylic acids is 2. The van der Waals surface area contributed by atoms with E-state index in [0.29, 0.717) is 17.1 Å². The Morgan fingerprint density at radius 2 is 1.71 bits per heavy atom. The van der Waals surface area contributed by atoms with Crippen molar-refractivity contribution in [2.24, 2.45) is 0 Å². The van der Waals surface area contributed by atoms with Gasteiger partial charge in [0, 0.05) is 16.8 Å². The summed E-state index contributed by atoms with van der Waals surface area (Å²) in [7, 11) is 1.54. The number of amides is 2. The number of benzene rings is 2.